The molecule has 0 saturated heterocycles. The van der Waals surface area contributed by atoms with Crippen LogP contribution in [0.3, 0.4) is 0 Å². The van der Waals surface area contributed by atoms with Gasteiger partial charge in [-0.25, -0.2) is 0 Å². The van der Waals surface area contributed by atoms with Crippen molar-refractivity contribution in [3.63, 3.8) is 0 Å². The highest BCUT2D eigenvalue weighted by Gasteiger charge is 2.13. The first-order chi connectivity index (χ1) is 6.19. The van der Waals surface area contributed by atoms with Gasteiger partial charge in [0, 0.05) is 13.7 Å². The Hall–Kier alpha value is -0.870. The summed E-state index contributed by atoms with van der Waals surface area (Å²) in [5, 5.41) is 13.9. The third kappa shape index (κ3) is 2.29. The van der Waals surface area contributed by atoms with Crippen molar-refractivity contribution in [3.05, 3.63) is 17.5 Å². The maximum absolute atomic E-state index is 9.66. The molecule has 4 nitrogen and oxygen atoms in total. The molecule has 4 heteroatoms. The highest BCUT2D eigenvalue weighted by atomic mass is 16.5. The van der Waals surface area contributed by atoms with E-state index in [1.54, 1.807) is 11.8 Å². The minimum absolute atomic E-state index is 0.311. The number of hydrogen-bond acceptors (Lipinski definition) is 3. The second kappa shape index (κ2) is 4.39. The molecule has 1 unspecified atom stereocenters. The SMILES string of the molecule is CCn1nc(C)cc1C(O)COC. The molecule has 74 valence electrons. The molecule has 0 saturated carbocycles. The van der Waals surface area contributed by atoms with Gasteiger partial charge in [-0.1, -0.05) is 0 Å². The van der Waals surface area contributed by atoms with E-state index in [9.17, 15) is 5.11 Å². The standard InChI is InChI=1S/C9H16N2O2/c1-4-11-8(5-7(2)10-11)9(12)6-13-3/h5,9,12H,4,6H2,1-3H3. The monoisotopic (exact) mass is 184 g/mol. The second-order valence-corrected chi connectivity index (χ2v) is 3.00. The first-order valence-electron chi connectivity index (χ1n) is 4.40. The summed E-state index contributed by atoms with van der Waals surface area (Å²) in [6.07, 6.45) is -0.578. The molecular weight excluding hydrogens is 168 g/mol. The molecule has 1 atom stereocenters. The third-order valence-electron chi connectivity index (χ3n) is 1.90. The molecule has 13 heavy (non-hydrogen) atoms. The van der Waals surface area contributed by atoms with Gasteiger partial charge in [0.15, 0.2) is 0 Å². The summed E-state index contributed by atoms with van der Waals surface area (Å²) >= 11 is 0. The van der Waals surface area contributed by atoms with E-state index < -0.39 is 6.10 Å². The van der Waals surface area contributed by atoms with Crippen molar-refractivity contribution in [1.29, 1.82) is 0 Å². The molecule has 0 amide bonds. The van der Waals surface area contributed by atoms with Gasteiger partial charge in [0.05, 0.1) is 18.0 Å². The maximum Gasteiger partial charge on any atom is 0.119 e. The van der Waals surface area contributed by atoms with E-state index in [0.29, 0.717) is 6.61 Å². The Morgan fingerprint density at radius 2 is 2.38 bits per heavy atom. The summed E-state index contributed by atoms with van der Waals surface area (Å²) in [4.78, 5) is 0. The van der Waals surface area contributed by atoms with E-state index in [0.717, 1.165) is 17.9 Å². The van der Waals surface area contributed by atoms with Crippen molar-refractivity contribution in [1.82, 2.24) is 9.78 Å². The fourth-order valence-electron chi connectivity index (χ4n) is 1.33. The van der Waals surface area contributed by atoms with Crippen LogP contribution in [0.2, 0.25) is 0 Å². The van der Waals surface area contributed by atoms with Gasteiger partial charge in [-0.05, 0) is 19.9 Å². The lowest BCUT2D eigenvalue weighted by molar-refractivity contribution is 0.0587. The van der Waals surface area contributed by atoms with Crippen LogP contribution in [0.1, 0.15) is 24.4 Å². The largest absolute Gasteiger partial charge is 0.384 e. The Balaban J connectivity index is 2.84. The predicted octanol–water partition coefficient (Wildman–Crippen LogP) is 0.891. The zero-order valence-corrected chi connectivity index (χ0v) is 8.32. The number of nitrogens with zero attached hydrogens (tertiary/aromatic N) is 2. The number of ether oxygens (including phenoxy) is 1. The van der Waals surface area contributed by atoms with Crippen molar-refractivity contribution < 1.29 is 9.84 Å². The molecule has 0 aliphatic rings. The predicted molar refractivity (Wildman–Crippen MR) is 49.5 cm³/mol. The number of aliphatic hydroxyl groups excluding tert-OH is 1. The number of aromatic nitrogens is 2. The highest BCUT2D eigenvalue weighted by Crippen LogP contribution is 2.14. The molecule has 0 fully saturated rings. The van der Waals surface area contributed by atoms with Crippen LogP contribution < -0.4 is 0 Å². The zero-order valence-electron chi connectivity index (χ0n) is 8.32. The first kappa shape index (κ1) is 10.2. The average Bonchev–Trinajstić information content (AvgIpc) is 2.47. The van der Waals surface area contributed by atoms with Crippen LogP contribution in [-0.2, 0) is 11.3 Å². The van der Waals surface area contributed by atoms with E-state index in [1.165, 1.54) is 0 Å². The second-order valence-electron chi connectivity index (χ2n) is 3.00. The lowest BCUT2D eigenvalue weighted by atomic mass is 10.2. The van der Waals surface area contributed by atoms with E-state index >= 15 is 0 Å². The summed E-state index contributed by atoms with van der Waals surface area (Å²) in [5.74, 6) is 0. The zero-order chi connectivity index (χ0) is 9.84. The van der Waals surface area contributed by atoms with Crippen LogP contribution in [-0.4, -0.2) is 28.6 Å². The lowest BCUT2D eigenvalue weighted by Gasteiger charge is -2.10. The van der Waals surface area contributed by atoms with Crippen LogP contribution >= 0.6 is 0 Å². The first-order valence-corrected chi connectivity index (χ1v) is 4.40. The van der Waals surface area contributed by atoms with E-state index in [2.05, 4.69) is 5.10 Å². The number of rotatable bonds is 4. The normalized spacial score (nSPS) is 13.2. The topological polar surface area (TPSA) is 47.3 Å². The number of aliphatic hydroxyl groups is 1. The Bertz CT molecular complexity index is 271. The van der Waals surface area contributed by atoms with Gasteiger partial charge in [0.2, 0.25) is 0 Å². The van der Waals surface area contributed by atoms with Crippen LogP contribution in [0.15, 0.2) is 6.07 Å². The quantitative estimate of drug-likeness (QED) is 0.756. The summed E-state index contributed by atoms with van der Waals surface area (Å²) < 4.78 is 6.67. The fourth-order valence-corrected chi connectivity index (χ4v) is 1.33. The highest BCUT2D eigenvalue weighted by molar-refractivity contribution is 5.11. The van der Waals surface area contributed by atoms with E-state index in [4.69, 9.17) is 4.74 Å². The molecule has 0 bridgehead atoms. The van der Waals surface area contributed by atoms with Crippen molar-refractivity contribution in [2.24, 2.45) is 0 Å². The minimum Gasteiger partial charge on any atom is -0.384 e. The Morgan fingerprint density at radius 1 is 1.69 bits per heavy atom. The summed E-state index contributed by atoms with van der Waals surface area (Å²) in [7, 11) is 1.57. The third-order valence-corrected chi connectivity index (χ3v) is 1.90. The molecular formula is C9H16N2O2. The lowest BCUT2D eigenvalue weighted by Crippen LogP contribution is -2.11. The van der Waals surface area contributed by atoms with Gasteiger partial charge >= 0.3 is 0 Å². The molecule has 1 aromatic heterocycles. The Labute approximate surface area is 78.1 Å². The van der Waals surface area contributed by atoms with Gasteiger partial charge in [-0.15, -0.1) is 0 Å². The molecule has 1 rings (SSSR count). The van der Waals surface area contributed by atoms with Gasteiger partial charge in [0.25, 0.3) is 0 Å². The van der Waals surface area contributed by atoms with Crippen LogP contribution in [0.25, 0.3) is 0 Å². The molecule has 1 aromatic rings. The van der Waals surface area contributed by atoms with Crippen molar-refractivity contribution in [2.45, 2.75) is 26.5 Å². The van der Waals surface area contributed by atoms with Crippen LogP contribution in [0.4, 0.5) is 0 Å². The van der Waals surface area contributed by atoms with Crippen molar-refractivity contribution >= 4 is 0 Å². The maximum atomic E-state index is 9.66. The van der Waals surface area contributed by atoms with E-state index in [1.807, 2.05) is 19.9 Å². The van der Waals surface area contributed by atoms with E-state index in [-0.39, 0.29) is 0 Å². The summed E-state index contributed by atoms with van der Waals surface area (Å²) in [5.41, 5.74) is 1.74. The average molecular weight is 184 g/mol. The molecule has 1 heterocycles. The number of methoxy groups -OCH3 is 1. The molecule has 0 spiro atoms. The molecule has 1 N–H and O–H groups in total. The Morgan fingerprint density at radius 3 is 2.92 bits per heavy atom. The minimum atomic E-state index is -0.578. The van der Waals surface area contributed by atoms with Gasteiger partial charge < -0.3 is 9.84 Å². The number of aryl methyl sites for hydroxylation is 2. The van der Waals surface area contributed by atoms with Crippen molar-refractivity contribution in [3.8, 4) is 0 Å². The van der Waals surface area contributed by atoms with Crippen LogP contribution in [0.5, 0.6) is 0 Å². The molecule has 0 aromatic carbocycles. The van der Waals surface area contributed by atoms with Gasteiger partial charge in [-0.3, -0.25) is 4.68 Å². The molecule has 0 aliphatic carbocycles. The summed E-state index contributed by atoms with van der Waals surface area (Å²) in [6, 6.07) is 1.88. The fraction of sp³-hybridized carbons (Fsp3) is 0.667. The van der Waals surface area contributed by atoms with Gasteiger partial charge in [-0.2, -0.15) is 5.10 Å². The molecule has 0 radical (unpaired) electrons. The van der Waals surface area contributed by atoms with Crippen LogP contribution in [0, 0.1) is 6.92 Å². The van der Waals surface area contributed by atoms with Gasteiger partial charge in [0.1, 0.15) is 6.10 Å². The van der Waals surface area contributed by atoms with Crippen molar-refractivity contribution in [2.75, 3.05) is 13.7 Å². The Kier molecular flexibility index (Phi) is 3.45. The number of hydrogen-bond donors (Lipinski definition) is 1. The smallest absolute Gasteiger partial charge is 0.119 e. The molecule has 0 aliphatic heterocycles. The summed E-state index contributed by atoms with van der Waals surface area (Å²) in [6.45, 7) is 4.99.